The number of benzene rings is 1. The Balaban J connectivity index is 1.87. The number of allylic oxidation sites excluding steroid dienone is 1. The molecular formula is C15H17FO2. The van der Waals surface area contributed by atoms with Crippen molar-refractivity contribution in [2.45, 2.75) is 32.1 Å². The molecule has 2 rings (SSSR count). The van der Waals surface area contributed by atoms with Crippen LogP contribution in [0.5, 0.6) is 0 Å². The third-order valence-electron chi connectivity index (χ3n) is 3.51. The van der Waals surface area contributed by atoms with E-state index in [0.717, 1.165) is 43.2 Å². The van der Waals surface area contributed by atoms with Crippen molar-refractivity contribution in [2.24, 2.45) is 5.92 Å². The fourth-order valence-corrected chi connectivity index (χ4v) is 2.53. The van der Waals surface area contributed by atoms with Crippen molar-refractivity contribution >= 4 is 5.97 Å². The lowest BCUT2D eigenvalue weighted by molar-refractivity contribution is -0.131. The molecule has 1 aliphatic carbocycles. The van der Waals surface area contributed by atoms with E-state index in [-0.39, 0.29) is 5.82 Å². The molecule has 0 heterocycles. The molecule has 1 saturated carbocycles. The van der Waals surface area contributed by atoms with E-state index >= 15 is 0 Å². The Bertz CT molecular complexity index is 438. The van der Waals surface area contributed by atoms with Crippen molar-refractivity contribution in [1.29, 1.82) is 0 Å². The third-order valence-corrected chi connectivity index (χ3v) is 3.51. The van der Waals surface area contributed by atoms with Crippen LogP contribution in [0.2, 0.25) is 0 Å². The van der Waals surface area contributed by atoms with Crippen molar-refractivity contribution in [2.75, 3.05) is 0 Å². The molecule has 0 unspecified atom stereocenters. The molecule has 1 fully saturated rings. The van der Waals surface area contributed by atoms with Crippen molar-refractivity contribution in [3.63, 3.8) is 0 Å². The van der Waals surface area contributed by atoms with Crippen LogP contribution in [0.25, 0.3) is 0 Å². The topological polar surface area (TPSA) is 37.3 Å². The molecular weight excluding hydrogens is 231 g/mol. The van der Waals surface area contributed by atoms with Crippen LogP contribution in [0, 0.1) is 11.7 Å². The van der Waals surface area contributed by atoms with Gasteiger partial charge >= 0.3 is 5.97 Å². The fourth-order valence-electron chi connectivity index (χ4n) is 2.53. The number of halogens is 1. The molecule has 0 bridgehead atoms. The third kappa shape index (κ3) is 3.69. The first-order valence-electron chi connectivity index (χ1n) is 6.30. The van der Waals surface area contributed by atoms with E-state index < -0.39 is 5.97 Å². The van der Waals surface area contributed by atoms with E-state index in [1.165, 1.54) is 18.2 Å². The lowest BCUT2D eigenvalue weighted by Gasteiger charge is -2.23. The SMILES string of the molecule is O=C(O)C=C1CCC(Cc2ccc(F)cc2)CC1. The van der Waals surface area contributed by atoms with Crippen LogP contribution in [0.3, 0.4) is 0 Å². The van der Waals surface area contributed by atoms with Gasteiger partial charge < -0.3 is 5.11 Å². The minimum atomic E-state index is -0.845. The summed E-state index contributed by atoms with van der Waals surface area (Å²) < 4.78 is 12.8. The molecule has 18 heavy (non-hydrogen) atoms. The molecule has 1 aromatic rings. The van der Waals surface area contributed by atoms with Gasteiger partial charge in [-0.25, -0.2) is 9.18 Å². The van der Waals surface area contributed by atoms with Crippen LogP contribution >= 0.6 is 0 Å². The number of carbonyl (C=O) groups is 1. The van der Waals surface area contributed by atoms with E-state index in [1.54, 1.807) is 0 Å². The van der Waals surface area contributed by atoms with Gasteiger partial charge in [-0.15, -0.1) is 0 Å². The highest BCUT2D eigenvalue weighted by Crippen LogP contribution is 2.30. The van der Waals surface area contributed by atoms with Crippen LogP contribution < -0.4 is 0 Å². The Kier molecular flexibility index (Phi) is 4.13. The summed E-state index contributed by atoms with van der Waals surface area (Å²) in [6.07, 6.45) is 6.10. The molecule has 0 aliphatic heterocycles. The van der Waals surface area contributed by atoms with Crippen molar-refractivity contribution < 1.29 is 14.3 Å². The maximum atomic E-state index is 12.8. The Morgan fingerprint density at radius 3 is 2.44 bits per heavy atom. The number of carboxylic acids is 1. The van der Waals surface area contributed by atoms with Crippen LogP contribution in [-0.2, 0) is 11.2 Å². The van der Waals surface area contributed by atoms with E-state index in [2.05, 4.69) is 0 Å². The van der Waals surface area contributed by atoms with Gasteiger partial charge in [0, 0.05) is 6.08 Å². The standard InChI is InChI=1S/C15H17FO2/c16-14-7-5-12(6-8-14)9-11-1-3-13(4-2-11)10-15(17)18/h5-8,10-11H,1-4,9H2,(H,17,18). The maximum absolute atomic E-state index is 12.8. The monoisotopic (exact) mass is 248 g/mol. The average Bonchev–Trinajstić information content (AvgIpc) is 2.34. The first kappa shape index (κ1) is 12.8. The van der Waals surface area contributed by atoms with Crippen LogP contribution in [0.15, 0.2) is 35.9 Å². The smallest absolute Gasteiger partial charge is 0.328 e. The minimum Gasteiger partial charge on any atom is -0.478 e. The number of carboxylic acid groups (broad SMARTS) is 1. The zero-order chi connectivity index (χ0) is 13.0. The second-order valence-corrected chi connectivity index (χ2v) is 4.91. The summed E-state index contributed by atoms with van der Waals surface area (Å²) >= 11 is 0. The zero-order valence-electron chi connectivity index (χ0n) is 10.2. The molecule has 2 nitrogen and oxygen atoms in total. The highest BCUT2D eigenvalue weighted by Gasteiger charge is 2.17. The predicted molar refractivity (Wildman–Crippen MR) is 67.8 cm³/mol. The summed E-state index contributed by atoms with van der Waals surface area (Å²) in [5.41, 5.74) is 2.20. The van der Waals surface area contributed by atoms with Gasteiger partial charge in [-0.05, 0) is 55.7 Å². The maximum Gasteiger partial charge on any atom is 0.328 e. The molecule has 0 aromatic heterocycles. The molecule has 0 amide bonds. The Morgan fingerprint density at radius 1 is 1.28 bits per heavy atom. The summed E-state index contributed by atoms with van der Waals surface area (Å²) in [5.74, 6) is -0.461. The molecule has 0 saturated heterocycles. The molecule has 1 N–H and O–H groups in total. The molecule has 3 heteroatoms. The second kappa shape index (κ2) is 5.80. The first-order valence-corrected chi connectivity index (χ1v) is 6.30. The fraction of sp³-hybridized carbons (Fsp3) is 0.400. The Labute approximate surface area is 106 Å². The van der Waals surface area contributed by atoms with Gasteiger partial charge in [0.2, 0.25) is 0 Å². The van der Waals surface area contributed by atoms with E-state index in [4.69, 9.17) is 5.11 Å². The summed E-state index contributed by atoms with van der Waals surface area (Å²) in [7, 11) is 0. The van der Waals surface area contributed by atoms with Gasteiger partial charge in [0.15, 0.2) is 0 Å². The number of rotatable bonds is 3. The highest BCUT2D eigenvalue weighted by molar-refractivity contribution is 5.80. The van der Waals surface area contributed by atoms with Crippen LogP contribution in [0.1, 0.15) is 31.2 Å². The van der Waals surface area contributed by atoms with Crippen molar-refractivity contribution in [1.82, 2.24) is 0 Å². The number of hydrogen-bond acceptors (Lipinski definition) is 1. The van der Waals surface area contributed by atoms with Gasteiger partial charge in [-0.2, -0.15) is 0 Å². The average molecular weight is 248 g/mol. The summed E-state index contributed by atoms with van der Waals surface area (Å²) in [4.78, 5) is 10.6. The Hall–Kier alpha value is -1.64. The largest absolute Gasteiger partial charge is 0.478 e. The molecule has 1 aliphatic rings. The minimum absolute atomic E-state index is 0.200. The van der Waals surface area contributed by atoms with Gasteiger partial charge in [0.25, 0.3) is 0 Å². The summed E-state index contributed by atoms with van der Waals surface area (Å²) in [6.45, 7) is 0. The molecule has 0 atom stereocenters. The highest BCUT2D eigenvalue weighted by atomic mass is 19.1. The Morgan fingerprint density at radius 2 is 1.89 bits per heavy atom. The van der Waals surface area contributed by atoms with Gasteiger partial charge in [-0.1, -0.05) is 17.7 Å². The van der Waals surface area contributed by atoms with Crippen LogP contribution in [-0.4, -0.2) is 11.1 Å². The van der Waals surface area contributed by atoms with Crippen LogP contribution in [0.4, 0.5) is 4.39 Å². The lowest BCUT2D eigenvalue weighted by atomic mass is 9.82. The zero-order valence-corrected chi connectivity index (χ0v) is 10.2. The molecule has 0 radical (unpaired) electrons. The van der Waals surface area contributed by atoms with E-state index in [0.29, 0.717) is 5.92 Å². The first-order chi connectivity index (χ1) is 8.63. The van der Waals surface area contributed by atoms with Crippen molar-refractivity contribution in [3.8, 4) is 0 Å². The number of aliphatic carboxylic acids is 1. The second-order valence-electron chi connectivity index (χ2n) is 4.91. The molecule has 96 valence electrons. The summed E-state index contributed by atoms with van der Waals surface area (Å²) in [5, 5.41) is 8.68. The summed E-state index contributed by atoms with van der Waals surface area (Å²) in [6, 6.07) is 6.65. The van der Waals surface area contributed by atoms with E-state index in [9.17, 15) is 9.18 Å². The van der Waals surface area contributed by atoms with Gasteiger partial charge in [-0.3, -0.25) is 0 Å². The predicted octanol–water partition coefficient (Wildman–Crippen LogP) is 3.57. The molecule has 1 aromatic carbocycles. The van der Waals surface area contributed by atoms with Gasteiger partial charge in [0.1, 0.15) is 5.82 Å². The quantitative estimate of drug-likeness (QED) is 0.830. The van der Waals surface area contributed by atoms with E-state index in [1.807, 2.05) is 12.1 Å². The number of hydrogen-bond donors (Lipinski definition) is 1. The van der Waals surface area contributed by atoms with Gasteiger partial charge in [0.05, 0.1) is 0 Å². The van der Waals surface area contributed by atoms with Crippen molar-refractivity contribution in [3.05, 3.63) is 47.3 Å². The lowest BCUT2D eigenvalue weighted by Crippen LogP contribution is -2.11. The molecule has 0 spiro atoms. The normalized spacial score (nSPS) is 19.6.